The fraction of sp³-hybridized carbons (Fsp3) is 0.105. The lowest BCUT2D eigenvalue weighted by Gasteiger charge is -2.11. The lowest BCUT2D eigenvalue weighted by molar-refractivity contribution is 0.456. The van der Waals surface area contributed by atoms with Crippen LogP contribution in [0.15, 0.2) is 68.7 Å². The molecule has 1 aromatic heterocycles. The molecule has 7 heteroatoms. The molecule has 0 spiro atoms. The summed E-state index contributed by atoms with van der Waals surface area (Å²) in [7, 11) is -4.11. The first-order valence-electron chi connectivity index (χ1n) is 7.68. The van der Waals surface area contributed by atoms with Crippen LogP contribution >= 0.6 is 11.6 Å². The SMILES string of the molecule is Cc1ccc(S(=O)(=O)Oc2cc(C)oc(=O)c2-c2ccc(Cl)cc2)cc1. The Balaban J connectivity index is 2.11. The Bertz CT molecular complexity index is 1100. The molecule has 1 heterocycles. The molecular weight excluding hydrogens is 376 g/mol. The molecule has 26 heavy (non-hydrogen) atoms. The van der Waals surface area contributed by atoms with E-state index in [0.717, 1.165) is 5.56 Å². The van der Waals surface area contributed by atoms with Crippen molar-refractivity contribution in [1.29, 1.82) is 0 Å². The molecule has 0 N–H and O–H groups in total. The molecular formula is C19H15ClO5S. The summed E-state index contributed by atoms with van der Waals surface area (Å²) in [6, 6.07) is 14.0. The zero-order chi connectivity index (χ0) is 18.9. The van der Waals surface area contributed by atoms with Gasteiger partial charge >= 0.3 is 15.7 Å². The molecule has 5 nitrogen and oxygen atoms in total. The highest BCUT2D eigenvalue weighted by Gasteiger charge is 2.22. The highest BCUT2D eigenvalue weighted by Crippen LogP contribution is 2.31. The average molecular weight is 391 g/mol. The molecule has 3 aromatic rings. The van der Waals surface area contributed by atoms with Crippen molar-refractivity contribution >= 4 is 21.7 Å². The van der Waals surface area contributed by atoms with E-state index in [4.69, 9.17) is 20.2 Å². The van der Waals surface area contributed by atoms with E-state index >= 15 is 0 Å². The second-order valence-corrected chi connectivity index (χ2v) is 7.72. The first-order chi connectivity index (χ1) is 12.3. The second kappa shape index (κ2) is 6.97. The normalized spacial score (nSPS) is 11.3. The number of hydrogen-bond acceptors (Lipinski definition) is 5. The number of rotatable bonds is 4. The van der Waals surface area contributed by atoms with Gasteiger partial charge in [0.1, 0.15) is 16.2 Å². The van der Waals surface area contributed by atoms with Crippen LogP contribution in [0.25, 0.3) is 11.1 Å². The maximum Gasteiger partial charge on any atom is 0.347 e. The van der Waals surface area contributed by atoms with Gasteiger partial charge in [-0.1, -0.05) is 41.4 Å². The Labute approximate surface area is 155 Å². The standard InChI is InChI=1S/C19H15ClO5S/c1-12-3-9-16(10-4-12)26(22,23)25-17-11-13(2)24-19(21)18(17)14-5-7-15(20)8-6-14/h3-11H,1-2H3. The molecule has 0 aliphatic heterocycles. The summed E-state index contributed by atoms with van der Waals surface area (Å²) in [6.07, 6.45) is 0. The minimum absolute atomic E-state index is 0.00366. The predicted octanol–water partition coefficient (Wildman–Crippen LogP) is 4.34. The molecule has 2 aromatic carbocycles. The summed E-state index contributed by atoms with van der Waals surface area (Å²) in [5.74, 6) is 0.142. The Hall–Kier alpha value is -2.57. The summed E-state index contributed by atoms with van der Waals surface area (Å²) in [4.78, 5) is 12.3. The number of hydrogen-bond donors (Lipinski definition) is 0. The average Bonchev–Trinajstić information content (AvgIpc) is 2.56. The van der Waals surface area contributed by atoms with Gasteiger partial charge in [-0.25, -0.2) is 4.79 Å². The smallest absolute Gasteiger partial charge is 0.347 e. The van der Waals surface area contributed by atoms with Gasteiger partial charge < -0.3 is 8.60 Å². The van der Waals surface area contributed by atoms with Crippen molar-refractivity contribution in [1.82, 2.24) is 0 Å². The van der Waals surface area contributed by atoms with E-state index < -0.39 is 15.7 Å². The van der Waals surface area contributed by atoms with Crippen LogP contribution in [-0.4, -0.2) is 8.42 Å². The van der Waals surface area contributed by atoms with E-state index in [9.17, 15) is 13.2 Å². The number of halogens is 1. The van der Waals surface area contributed by atoms with Gasteiger partial charge in [0.25, 0.3) is 0 Å². The van der Waals surface area contributed by atoms with Crippen LogP contribution in [0.2, 0.25) is 5.02 Å². The fourth-order valence-electron chi connectivity index (χ4n) is 2.40. The van der Waals surface area contributed by atoms with Gasteiger partial charge in [-0.15, -0.1) is 0 Å². The monoisotopic (exact) mass is 390 g/mol. The molecule has 0 bridgehead atoms. The van der Waals surface area contributed by atoms with Crippen LogP contribution in [0, 0.1) is 13.8 Å². The van der Waals surface area contributed by atoms with Crippen molar-refractivity contribution in [2.75, 3.05) is 0 Å². The summed E-state index contributed by atoms with van der Waals surface area (Å²) in [6.45, 7) is 3.39. The fourth-order valence-corrected chi connectivity index (χ4v) is 3.46. The van der Waals surface area contributed by atoms with E-state index in [1.54, 1.807) is 43.3 Å². The molecule has 0 saturated heterocycles. The van der Waals surface area contributed by atoms with Crippen LogP contribution < -0.4 is 9.81 Å². The number of benzene rings is 2. The van der Waals surface area contributed by atoms with E-state index in [2.05, 4.69) is 0 Å². The molecule has 0 saturated carbocycles. The Kier molecular flexibility index (Phi) is 4.89. The topological polar surface area (TPSA) is 73.6 Å². The van der Waals surface area contributed by atoms with Crippen molar-refractivity contribution in [2.24, 2.45) is 0 Å². The largest absolute Gasteiger partial charge is 0.428 e. The molecule has 0 amide bonds. The van der Waals surface area contributed by atoms with Crippen molar-refractivity contribution < 1.29 is 17.0 Å². The second-order valence-electron chi connectivity index (χ2n) is 5.74. The van der Waals surface area contributed by atoms with Gasteiger partial charge in [-0.3, -0.25) is 0 Å². The lowest BCUT2D eigenvalue weighted by atomic mass is 10.1. The van der Waals surface area contributed by atoms with Gasteiger partial charge in [0.05, 0.1) is 0 Å². The predicted molar refractivity (Wildman–Crippen MR) is 99.2 cm³/mol. The highest BCUT2D eigenvalue weighted by molar-refractivity contribution is 7.87. The maximum atomic E-state index is 12.6. The van der Waals surface area contributed by atoms with Crippen LogP contribution in [0.5, 0.6) is 5.75 Å². The number of aryl methyl sites for hydroxylation is 2. The van der Waals surface area contributed by atoms with Crippen molar-refractivity contribution in [3.63, 3.8) is 0 Å². The van der Waals surface area contributed by atoms with Crippen LogP contribution in [0.4, 0.5) is 0 Å². The summed E-state index contributed by atoms with van der Waals surface area (Å²) >= 11 is 5.87. The third-order valence-corrected chi connectivity index (χ3v) is 5.18. The molecule has 134 valence electrons. The molecule has 0 unspecified atom stereocenters. The summed E-state index contributed by atoms with van der Waals surface area (Å²) in [5, 5.41) is 0.486. The van der Waals surface area contributed by atoms with Crippen molar-refractivity contribution in [2.45, 2.75) is 18.7 Å². The van der Waals surface area contributed by atoms with Gasteiger partial charge in [-0.2, -0.15) is 8.42 Å². The zero-order valence-electron chi connectivity index (χ0n) is 14.0. The molecule has 0 aliphatic carbocycles. The van der Waals surface area contributed by atoms with Crippen molar-refractivity contribution in [3.05, 3.63) is 81.4 Å². The van der Waals surface area contributed by atoms with Gasteiger partial charge in [0.2, 0.25) is 0 Å². The minimum Gasteiger partial charge on any atom is -0.428 e. The van der Waals surface area contributed by atoms with Gasteiger partial charge in [0, 0.05) is 11.1 Å². The van der Waals surface area contributed by atoms with Gasteiger partial charge in [0.15, 0.2) is 5.75 Å². The zero-order valence-corrected chi connectivity index (χ0v) is 15.6. The highest BCUT2D eigenvalue weighted by atomic mass is 35.5. The Morgan fingerprint density at radius 2 is 1.58 bits per heavy atom. The molecule has 0 fully saturated rings. The molecule has 0 radical (unpaired) electrons. The van der Waals surface area contributed by atoms with Crippen molar-refractivity contribution in [3.8, 4) is 16.9 Å². The Morgan fingerprint density at radius 3 is 2.19 bits per heavy atom. The molecule has 3 rings (SSSR count). The summed E-state index contributed by atoms with van der Waals surface area (Å²) < 4.78 is 35.6. The first kappa shape index (κ1) is 18.2. The van der Waals surface area contributed by atoms with Crippen LogP contribution in [0.3, 0.4) is 0 Å². The third kappa shape index (κ3) is 3.81. The maximum absolute atomic E-state index is 12.6. The quantitative estimate of drug-likeness (QED) is 0.619. The van der Waals surface area contributed by atoms with Crippen LogP contribution in [0.1, 0.15) is 11.3 Å². The molecule has 0 atom stereocenters. The third-order valence-electron chi connectivity index (χ3n) is 3.68. The molecule has 0 aliphatic rings. The first-order valence-corrected chi connectivity index (χ1v) is 9.47. The summed E-state index contributed by atoms with van der Waals surface area (Å²) in [5.41, 5.74) is 0.684. The van der Waals surface area contributed by atoms with E-state index in [1.165, 1.54) is 18.2 Å². The van der Waals surface area contributed by atoms with Gasteiger partial charge in [-0.05, 0) is 43.7 Å². The van der Waals surface area contributed by atoms with Crippen LogP contribution in [-0.2, 0) is 10.1 Å². The van der Waals surface area contributed by atoms with E-state index in [0.29, 0.717) is 10.6 Å². The Morgan fingerprint density at radius 1 is 0.962 bits per heavy atom. The van der Waals surface area contributed by atoms with E-state index in [1.807, 2.05) is 6.92 Å². The van der Waals surface area contributed by atoms with E-state index in [-0.39, 0.29) is 22.0 Å². The lowest BCUT2D eigenvalue weighted by Crippen LogP contribution is -2.14. The minimum atomic E-state index is -4.11.